The Morgan fingerprint density at radius 3 is 2.41 bits per heavy atom. The van der Waals surface area contributed by atoms with Crippen molar-refractivity contribution in [2.45, 2.75) is 19.4 Å². The lowest BCUT2D eigenvalue weighted by molar-refractivity contribution is 0.0824. The van der Waals surface area contributed by atoms with Crippen LogP contribution in [-0.2, 0) is 7.05 Å². The first-order valence-electron chi connectivity index (χ1n) is 10.2. The van der Waals surface area contributed by atoms with E-state index in [0.717, 1.165) is 10.2 Å². The molecular formula is C23H27N5O4. The third-order valence-corrected chi connectivity index (χ3v) is 5.13. The van der Waals surface area contributed by atoms with E-state index in [1.54, 1.807) is 20.2 Å². The van der Waals surface area contributed by atoms with Gasteiger partial charge in [0.05, 0.1) is 17.3 Å². The molecule has 0 saturated carbocycles. The quantitative estimate of drug-likeness (QED) is 0.422. The summed E-state index contributed by atoms with van der Waals surface area (Å²) in [4.78, 5) is 39.4. The minimum absolute atomic E-state index is 0.0489. The normalized spacial score (nSPS) is 11.6. The maximum absolute atomic E-state index is 12.9. The number of aromatic nitrogens is 2. The summed E-state index contributed by atoms with van der Waals surface area (Å²) < 4.78 is 1.10. The maximum Gasteiger partial charge on any atom is 0.290 e. The molecule has 1 aromatic heterocycles. The van der Waals surface area contributed by atoms with Crippen LogP contribution in [0.1, 0.15) is 35.3 Å². The number of hydrogen-bond acceptors (Lipinski definition) is 6. The number of nitrogens with zero attached hydrogens (tertiary/aromatic N) is 2. The van der Waals surface area contributed by atoms with Gasteiger partial charge in [-0.1, -0.05) is 43.3 Å². The molecule has 9 heteroatoms. The second-order valence-electron chi connectivity index (χ2n) is 7.60. The van der Waals surface area contributed by atoms with Crippen molar-refractivity contribution in [2.75, 3.05) is 24.7 Å². The number of aryl methyl sites for hydroxylation is 1. The molecule has 32 heavy (non-hydrogen) atoms. The Labute approximate surface area is 185 Å². The number of aromatic amines is 1. The van der Waals surface area contributed by atoms with Crippen molar-refractivity contribution in [1.29, 1.82) is 0 Å². The van der Waals surface area contributed by atoms with Crippen LogP contribution in [0.2, 0.25) is 0 Å². The van der Waals surface area contributed by atoms with Gasteiger partial charge >= 0.3 is 0 Å². The molecule has 0 fully saturated rings. The van der Waals surface area contributed by atoms with Crippen LogP contribution >= 0.6 is 0 Å². The minimum atomic E-state index is -0.554. The Morgan fingerprint density at radius 2 is 1.78 bits per heavy atom. The highest BCUT2D eigenvalue weighted by molar-refractivity contribution is 5.98. The number of para-hydroxylation sites is 1. The zero-order valence-electron chi connectivity index (χ0n) is 18.5. The number of aromatic hydroxyl groups is 1. The number of phenolic OH excluding ortho intramolecular Hbond substituents is 1. The molecule has 0 spiro atoms. The SMILES string of the molecule is CC[C@@H](Nc1c(Nc2cccc(C(=O)N(C)C)c2O)c(=O)[nH]n(C)c1=O)c1ccccc1. The lowest BCUT2D eigenvalue weighted by atomic mass is 10.0. The molecule has 2 aromatic carbocycles. The largest absolute Gasteiger partial charge is 0.505 e. The molecule has 3 aromatic rings. The van der Waals surface area contributed by atoms with E-state index in [1.165, 1.54) is 24.1 Å². The number of hydrogen-bond donors (Lipinski definition) is 4. The van der Waals surface area contributed by atoms with Crippen molar-refractivity contribution in [2.24, 2.45) is 7.05 Å². The molecule has 1 heterocycles. The van der Waals surface area contributed by atoms with E-state index in [1.807, 2.05) is 37.3 Å². The molecule has 0 aliphatic heterocycles. The van der Waals surface area contributed by atoms with Gasteiger partial charge in [0.1, 0.15) is 11.4 Å². The zero-order valence-corrected chi connectivity index (χ0v) is 18.5. The van der Waals surface area contributed by atoms with E-state index in [-0.39, 0.29) is 34.4 Å². The van der Waals surface area contributed by atoms with E-state index < -0.39 is 17.0 Å². The summed E-state index contributed by atoms with van der Waals surface area (Å²) >= 11 is 0. The predicted octanol–water partition coefficient (Wildman–Crippen LogP) is 2.79. The first-order valence-corrected chi connectivity index (χ1v) is 10.2. The fourth-order valence-electron chi connectivity index (χ4n) is 3.37. The smallest absolute Gasteiger partial charge is 0.290 e. The Balaban J connectivity index is 2.08. The molecule has 0 radical (unpaired) electrons. The Bertz CT molecular complexity index is 1230. The number of carbonyl (C=O) groups excluding carboxylic acids is 1. The van der Waals surface area contributed by atoms with Gasteiger partial charge in [-0.3, -0.25) is 24.2 Å². The van der Waals surface area contributed by atoms with Crippen molar-refractivity contribution in [3.05, 3.63) is 80.4 Å². The van der Waals surface area contributed by atoms with Gasteiger partial charge in [-0.15, -0.1) is 0 Å². The van der Waals surface area contributed by atoms with Crippen LogP contribution < -0.4 is 21.8 Å². The van der Waals surface area contributed by atoms with Crippen LogP contribution in [-0.4, -0.2) is 39.8 Å². The highest BCUT2D eigenvalue weighted by Crippen LogP contribution is 2.32. The molecule has 1 amide bonds. The summed E-state index contributed by atoms with van der Waals surface area (Å²) in [6, 6.07) is 14.0. The van der Waals surface area contributed by atoms with Crippen LogP contribution in [0.25, 0.3) is 0 Å². The molecule has 0 unspecified atom stereocenters. The number of rotatable bonds is 7. The second kappa shape index (κ2) is 9.42. The molecular weight excluding hydrogens is 410 g/mol. The van der Waals surface area contributed by atoms with Crippen molar-refractivity contribution in [3.63, 3.8) is 0 Å². The summed E-state index contributed by atoms with van der Waals surface area (Å²) in [5.74, 6) is -0.704. The number of H-pyrrole nitrogens is 1. The molecule has 168 valence electrons. The fraction of sp³-hybridized carbons (Fsp3) is 0.261. The average molecular weight is 438 g/mol. The zero-order chi connectivity index (χ0) is 23.4. The van der Waals surface area contributed by atoms with E-state index in [4.69, 9.17) is 0 Å². The predicted molar refractivity (Wildman–Crippen MR) is 125 cm³/mol. The van der Waals surface area contributed by atoms with E-state index in [0.29, 0.717) is 6.42 Å². The standard InChI is InChI=1S/C23H27N5O4/c1-5-16(14-10-7-6-8-11-14)24-19-18(21(30)26-28(4)23(19)32)25-17-13-9-12-15(20(17)29)22(31)27(2)3/h6-13,16,24-25,29H,5H2,1-4H3,(H,26,30)/t16-/m1/s1. The van der Waals surface area contributed by atoms with Gasteiger partial charge in [0.2, 0.25) is 0 Å². The van der Waals surface area contributed by atoms with Crippen molar-refractivity contribution < 1.29 is 9.90 Å². The van der Waals surface area contributed by atoms with Crippen molar-refractivity contribution in [1.82, 2.24) is 14.7 Å². The van der Waals surface area contributed by atoms with Crippen LogP contribution in [0.4, 0.5) is 17.1 Å². The third kappa shape index (κ3) is 4.51. The lowest BCUT2D eigenvalue weighted by Crippen LogP contribution is -2.32. The molecule has 1 atom stereocenters. The Morgan fingerprint density at radius 1 is 1.09 bits per heavy atom. The van der Waals surface area contributed by atoms with Gasteiger partial charge in [0.15, 0.2) is 5.75 Å². The number of benzene rings is 2. The van der Waals surface area contributed by atoms with Gasteiger partial charge in [-0.2, -0.15) is 0 Å². The van der Waals surface area contributed by atoms with Crippen LogP contribution in [0, 0.1) is 0 Å². The molecule has 9 nitrogen and oxygen atoms in total. The summed E-state index contributed by atoms with van der Waals surface area (Å²) in [5.41, 5.74) is 0.188. The van der Waals surface area contributed by atoms with Gasteiger partial charge in [-0.25, -0.2) is 0 Å². The summed E-state index contributed by atoms with van der Waals surface area (Å²) in [7, 11) is 4.60. The lowest BCUT2D eigenvalue weighted by Gasteiger charge is -2.21. The number of anilines is 3. The number of phenols is 1. The van der Waals surface area contributed by atoms with E-state index in [9.17, 15) is 19.5 Å². The first-order chi connectivity index (χ1) is 15.2. The molecule has 4 N–H and O–H groups in total. The number of amides is 1. The number of nitrogens with one attached hydrogen (secondary N) is 3. The number of carbonyl (C=O) groups is 1. The second-order valence-corrected chi connectivity index (χ2v) is 7.60. The minimum Gasteiger partial charge on any atom is -0.505 e. The average Bonchev–Trinajstić information content (AvgIpc) is 2.78. The molecule has 3 rings (SSSR count). The van der Waals surface area contributed by atoms with Gasteiger partial charge in [0, 0.05) is 21.1 Å². The highest BCUT2D eigenvalue weighted by Gasteiger charge is 2.21. The first kappa shape index (κ1) is 22.7. The van der Waals surface area contributed by atoms with Crippen LogP contribution in [0.15, 0.2) is 58.1 Å². The maximum atomic E-state index is 12.9. The Hall–Kier alpha value is -4.01. The third-order valence-electron chi connectivity index (χ3n) is 5.13. The Kier molecular flexibility index (Phi) is 6.67. The molecule has 0 aliphatic carbocycles. The monoisotopic (exact) mass is 437 g/mol. The van der Waals surface area contributed by atoms with Crippen molar-refractivity contribution >= 4 is 23.0 Å². The van der Waals surface area contributed by atoms with E-state index in [2.05, 4.69) is 15.7 Å². The van der Waals surface area contributed by atoms with Crippen LogP contribution in [0.5, 0.6) is 5.75 Å². The van der Waals surface area contributed by atoms with Crippen LogP contribution in [0.3, 0.4) is 0 Å². The molecule has 0 saturated heterocycles. The topological polar surface area (TPSA) is 119 Å². The van der Waals surface area contributed by atoms with Gasteiger partial charge < -0.3 is 20.6 Å². The van der Waals surface area contributed by atoms with Crippen molar-refractivity contribution in [3.8, 4) is 5.75 Å². The van der Waals surface area contributed by atoms with Gasteiger partial charge in [-0.05, 0) is 24.1 Å². The fourth-order valence-corrected chi connectivity index (χ4v) is 3.37. The molecule has 0 aliphatic rings. The summed E-state index contributed by atoms with van der Waals surface area (Å²) in [6.45, 7) is 1.97. The summed E-state index contributed by atoms with van der Waals surface area (Å²) in [5, 5.41) is 19.2. The molecule has 0 bridgehead atoms. The highest BCUT2D eigenvalue weighted by atomic mass is 16.3. The van der Waals surface area contributed by atoms with E-state index >= 15 is 0 Å². The summed E-state index contributed by atoms with van der Waals surface area (Å²) in [6.07, 6.45) is 0.664. The van der Waals surface area contributed by atoms with Gasteiger partial charge in [0.25, 0.3) is 17.0 Å².